The van der Waals surface area contributed by atoms with Crippen LogP contribution in [0.5, 0.6) is 0 Å². The van der Waals surface area contributed by atoms with Gasteiger partial charge in [0.1, 0.15) is 17.2 Å². The quantitative estimate of drug-likeness (QED) is 0.732. The first-order valence-electron chi connectivity index (χ1n) is 4.11. The Hall–Kier alpha value is -1.98. The predicted octanol–water partition coefficient (Wildman–Crippen LogP) is 1.20. The number of hydrogen-bond donors (Lipinski definition) is 0. The fourth-order valence-corrected chi connectivity index (χ4v) is 1.04. The van der Waals surface area contributed by atoms with Gasteiger partial charge in [-0.25, -0.2) is 4.98 Å². The molecule has 0 aromatic carbocycles. The highest BCUT2D eigenvalue weighted by Gasteiger charge is 2.33. The van der Waals surface area contributed by atoms with Crippen LogP contribution in [0.25, 0.3) is 0 Å². The van der Waals surface area contributed by atoms with E-state index in [-0.39, 0.29) is 5.69 Å². The van der Waals surface area contributed by atoms with Crippen molar-refractivity contribution >= 4 is 5.97 Å². The maximum atomic E-state index is 12.3. The van der Waals surface area contributed by atoms with Crippen molar-refractivity contribution in [3.63, 3.8) is 0 Å². The summed E-state index contributed by atoms with van der Waals surface area (Å²) in [5.74, 6) is -1.59. The van der Waals surface area contributed by atoms with E-state index in [0.717, 1.165) is 18.6 Å². The molecule has 1 aromatic heterocycles. The summed E-state index contributed by atoms with van der Waals surface area (Å²) >= 11 is 0. The second-order valence-electron chi connectivity index (χ2n) is 2.82. The summed E-state index contributed by atoms with van der Waals surface area (Å²) in [6.07, 6.45) is -2.40. The van der Waals surface area contributed by atoms with Crippen LogP contribution < -0.4 is 5.11 Å². The summed E-state index contributed by atoms with van der Waals surface area (Å²) in [6, 6.07) is 1.39. The van der Waals surface area contributed by atoms with Gasteiger partial charge in [0.05, 0.1) is 6.42 Å². The van der Waals surface area contributed by atoms with Crippen LogP contribution in [0.2, 0.25) is 0 Å². The van der Waals surface area contributed by atoms with E-state index in [1.807, 2.05) is 0 Å². The zero-order chi connectivity index (χ0) is 12.3. The van der Waals surface area contributed by atoms with Gasteiger partial charge in [0.25, 0.3) is 0 Å². The Kier molecular flexibility index (Phi) is 3.22. The van der Waals surface area contributed by atoms with Crippen molar-refractivity contribution in [1.82, 2.24) is 4.98 Å². The Morgan fingerprint density at radius 2 is 2.12 bits per heavy atom. The van der Waals surface area contributed by atoms with E-state index in [1.54, 1.807) is 0 Å². The molecule has 0 spiro atoms. The summed E-state index contributed by atoms with van der Waals surface area (Å²) < 4.78 is 36.8. The lowest BCUT2D eigenvalue weighted by molar-refractivity contribution is -0.255. The summed E-state index contributed by atoms with van der Waals surface area (Å²) in [4.78, 5) is 13.8. The van der Waals surface area contributed by atoms with Crippen LogP contribution in [0.4, 0.5) is 13.2 Å². The molecule has 0 aliphatic rings. The molecule has 0 bridgehead atoms. The van der Waals surface area contributed by atoms with Crippen molar-refractivity contribution in [2.24, 2.45) is 0 Å². The minimum atomic E-state index is -4.62. The SMILES string of the molecule is C=C[CH+]c1nc(C(F)(F)F)ccc1C(=O)[O-]. The number of carbonyl (C=O) groups is 1. The molecule has 0 fully saturated rings. The fourth-order valence-electron chi connectivity index (χ4n) is 1.04. The van der Waals surface area contributed by atoms with E-state index in [0.29, 0.717) is 6.07 Å². The first kappa shape index (κ1) is 12.1. The number of halogens is 3. The lowest BCUT2D eigenvalue weighted by Crippen LogP contribution is -2.25. The Bertz CT molecular complexity index is 427. The van der Waals surface area contributed by atoms with Gasteiger partial charge in [-0.2, -0.15) is 13.2 Å². The molecular weight excluding hydrogens is 223 g/mol. The van der Waals surface area contributed by atoms with Gasteiger partial charge < -0.3 is 9.90 Å². The van der Waals surface area contributed by atoms with Gasteiger partial charge in [0.15, 0.2) is 5.69 Å². The number of alkyl halides is 3. The second-order valence-corrected chi connectivity index (χ2v) is 2.82. The van der Waals surface area contributed by atoms with Crippen LogP contribution in [-0.2, 0) is 6.18 Å². The number of carbonyl (C=O) groups excluding carboxylic acids is 1. The summed E-state index contributed by atoms with van der Waals surface area (Å²) in [6.45, 7) is 3.26. The molecule has 0 radical (unpaired) electrons. The highest BCUT2D eigenvalue weighted by Crippen LogP contribution is 2.28. The average molecular weight is 229 g/mol. The molecule has 0 saturated heterocycles. The maximum absolute atomic E-state index is 12.3. The first-order chi connectivity index (χ1) is 7.36. The molecule has 1 aromatic rings. The number of nitrogens with zero attached hydrogens (tertiary/aromatic N) is 1. The minimum absolute atomic E-state index is 0.329. The fraction of sp³-hybridized carbons (Fsp3) is 0.100. The van der Waals surface area contributed by atoms with Gasteiger partial charge >= 0.3 is 6.18 Å². The molecule has 6 heteroatoms. The number of pyridine rings is 1. The number of aromatic carboxylic acids is 1. The van der Waals surface area contributed by atoms with E-state index in [2.05, 4.69) is 11.6 Å². The Balaban J connectivity index is 3.27. The molecular formula is C10H6F3NO2. The number of rotatable bonds is 3. The van der Waals surface area contributed by atoms with E-state index < -0.39 is 23.4 Å². The smallest absolute Gasteiger partial charge is 0.433 e. The predicted molar refractivity (Wildman–Crippen MR) is 47.2 cm³/mol. The maximum Gasteiger partial charge on any atom is 0.433 e. The molecule has 0 saturated carbocycles. The number of carboxylic acids is 1. The van der Waals surface area contributed by atoms with Crippen molar-refractivity contribution in [3.8, 4) is 0 Å². The number of hydrogen-bond acceptors (Lipinski definition) is 3. The van der Waals surface area contributed by atoms with Crippen molar-refractivity contribution in [2.75, 3.05) is 0 Å². The summed E-state index contributed by atoms with van der Waals surface area (Å²) in [5, 5.41) is 10.6. The third-order valence-corrected chi connectivity index (χ3v) is 1.71. The molecule has 16 heavy (non-hydrogen) atoms. The van der Waals surface area contributed by atoms with Gasteiger partial charge in [-0.3, -0.25) is 0 Å². The lowest BCUT2D eigenvalue weighted by atomic mass is 10.1. The van der Waals surface area contributed by atoms with Crippen molar-refractivity contribution in [1.29, 1.82) is 0 Å². The molecule has 0 unspecified atom stereocenters. The van der Waals surface area contributed by atoms with Crippen LogP contribution >= 0.6 is 0 Å². The van der Waals surface area contributed by atoms with E-state index in [9.17, 15) is 23.1 Å². The molecule has 0 aliphatic heterocycles. The Morgan fingerprint density at radius 1 is 1.50 bits per heavy atom. The third-order valence-electron chi connectivity index (χ3n) is 1.71. The molecule has 1 heterocycles. The minimum Gasteiger partial charge on any atom is -0.532 e. The second kappa shape index (κ2) is 4.26. The van der Waals surface area contributed by atoms with Gasteiger partial charge in [-0.05, 0) is 12.6 Å². The van der Waals surface area contributed by atoms with Crippen LogP contribution in [-0.4, -0.2) is 11.0 Å². The summed E-state index contributed by atoms with van der Waals surface area (Å²) in [5.41, 5.74) is -1.90. The average Bonchev–Trinajstić information content (AvgIpc) is 2.16. The van der Waals surface area contributed by atoms with Crippen LogP contribution in [0.1, 0.15) is 21.7 Å². The molecule has 3 nitrogen and oxygen atoms in total. The normalized spacial score (nSPS) is 10.9. The number of allylic oxidation sites excluding steroid dienone is 1. The van der Waals surface area contributed by atoms with Crippen molar-refractivity contribution < 1.29 is 23.1 Å². The highest BCUT2D eigenvalue weighted by atomic mass is 19.4. The Morgan fingerprint density at radius 3 is 2.56 bits per heavy atom. The standard InChI is InChI=1S/C10H6F3NO2/c1-2-3-7-6(9(15)16)4-5-8(14-7)10(11,12)13/h2-5H,1H2. The largest absolute Gasteiger partial charge is 0.532 e. The van der Waals surface area contributed by atoms with E-state index in [4.69, 9.17) is 0 Å². The molecule has 84 valence electrons. The van der Waals surface area contributed by atoms with Crippen LogP contribution in [0.3, 0.4) is 0 Å². The number of aromatic nitrogens is 1. The van der Waals surface area contributed by atoms with Gasteiger partial charge in [-0.15, -0.1) is 0 Å². The molecule has 0 amide bonds. The topological polar surface area (TPSA) is 53.0 Å². The zero-order valence-corrected chi connectivity index (χ0v) is 7.91. The monoisotopic (exact) mass is 229 g/mol. The molecule has 0 N–H and O–H groups in total. The first-order valence-corrected chi connectivity index (χ1v) is 4.11. The molecule has 0 atom stereocenters. The van der Waals surface area contributed by atoms with Crippen LogP contribution in [0, 0.1) is 6.42 Å². The number of carboxylic acid groups (broad SMARTS) is 1. The van der Waals surface area contributed by atoms with Crippen molar-refractivity contribution in [2.45, 2.75) is 6.18 Å². The molecule has 0 aliphatic carbocycles. The van der Waals surface area contributed by atoms with Gasteiger partial charge in [-0.1, -0.05) is 0 Å². The van der Waals surface area contributed by atoms with E-state index >= 15 is 0 Å². The van der Waals surface area contributed by atoms with Crippen molar-refractivity contribution in [3.05, 3.63) is 48.2 Å². The van der Waals surface area contributed by atoms with Gasteiger partial charge in [0, 0.05) is 12.1 Å². The van der Waals surface area contributed by atoms with Crippen LogP contribution in [0.15, 0.2) is 24.8 Å². The highest BCUT2D eigenvalue weighted by molar-refractivity contribution is 5.87. The zero-order valence-electron chi connectivity index (χ0n) is 7.91. The summed E-state index contributed by atoms with van der Waals surface area (Å²) in [7, 11) is 0. The Labute approximate surface area is 89.2 Å². The molecule has 1 rings (SSSR count). The van der Waals surface area contributed by atoms with Gasteiger partial charge in [0.2, 0.25) is 0 Å². The lowest BCUT2D eigenvalue weighted by Gasteiger charge is -2.07. The third kappa shape index (κ3) is 2.53. The van der Waals surface area contributed by atoms with E-state index in [1.165, 1.54) is 0 Å².